The quantitative estimate of drug-likeness (QED) is 0.784. The van der Waals surface area contributed by atoms with Gasteiger partial charge in [-0.2, -0.15) is 0 Å². The van der Waals surface area contributed by atoms with Gasteiger partial charge in [-0.25, -0.2) is 4.99 Å². The number of cyclic esters (lactones) is 1. The highest BCUT2D eigenvalue weighted by atomic mass is 32.2. The van der Waals surface area contributed by atoms with Crippen molar-refractivity contribution in [2.45, 2.75) is 12.3 Å². The monoisotopic (exact) mass is 321 g/mol. The summed E-state index contributed by atoms with van der Waals surface area (Å²) >= 11 is 1.58. The van der Waals surface area contributed by atoms with Gasteiger partial charge in [-0.1, -0.05) is 48.0 Å². The van der Waals surface area contributed by atoms with Crippen molar-refractivity contribution in [1.82, 2.24) is 0 Å². The molecule has 2 heterocycles. The summed E-state index contributed by atoms with van der Waals surface area (Å²) < 4.78 is 5.53. The van der Waals surface area contributed by atoms with E-state index in [4.69, 9.17) is 4.74 Å². The van der Waals surface area contributed by atoms with Crippen LogP contribution in [0.4, 0.5) is 0 Å². The maximum atomic E-state index is 12.6. The van der Waals surface area contributed by atoms with Crippen LogP contribution in [0.25, 0.3) is 5.57 Å². The van der Waals surface area contributed by atoms with Gasteiger partial charge in [-0.05, 0) is 35.6 Å². The molecular weight excluding hydrogens is 306 g/mol. The molecule has 0 aromatic heterocycles. The van der Waals surface area contributed by atoms with E-state index in [0.29, 0.717) is 5.90 Å². The molecule has 2 aliphatic heterocycles. The SMILES string of the molecule is Cc1ccc(C2=NC3SC=C(c4ccccc4)C3C(=O)O2)cc1. The van der Waals surface area contributed by atoms with Crippen molar-refractivity contribution in [2.24, 2.45) is 10.9 Å². The van der Waals surface area contributed by atoms with Gasteiger partial charge in [-0.15, -0.1) is 11.8 Å². The van der Waals surface area contributed by atoms with Gasteiger partial charge in [0.05, 0.1) is 0 Å². The minimum atomic E-state index is -0.323. The van der Waals surface area contributed by atoms with Crippen LogP contribution in [0.3, 0.4) is 0 Å². The smallest absolute Gasteiger partial charge is 0.323 e. The van der Waals surface area contributed by atoms with Crippen LogP contribution in [0, 0.1) is 12.8 Å². The molecule has 0 fully saturated rings. The maximum Gasteiger partial charge on any atom is 0.323 e. The second kappa shape index (κ2) is 5.70. The molecule has 2 aliphatic rings. The van der Waals surface area contributed by atoms with Crippen molar-refractivity contribution < 1.29 is 9.53 Å². The van der Waals surface area contributed by atoms with Gasteiger partial charge < -0.3 is 4.74 Å². The molecule has 0 N–H and O–H groups in total. The Kier molecular flexibility index (Phi) is 3.54. The fourth-order valence-corrected chi connectivity index (χ4v) is 3.95. The van der Waals surface area contributed by atoms with Gasteiger partial charge in [0.25, 0.3) is 0 Å². The van der Waals surface area contributed by atoms with Gasteiger partial charge in [0.2, 0.25) is 5.90 Å². The van der Waals surface area contributed by atoms with E-state index in [1.807, 2.05) is 66.9 Å². The van der Waals surface area contributed by atoms with Crippen LogP contribution in [0.5, 0.6) is 0 Å². The number of thioether (sulfide) groups is 1. The highest BCUT2D eigenvalue weighted by molar-refractivity contribution is 8.03. The first-order chi connectivity index (χ1) is 11.2. The number of esters is 1. The second-order valence-electron chi connectivity index (χ2n) is 5.66. The molecular formula is C19H15NO2S. The molecule has 2 atom stereocenters. The molecule has 114 valence electrons. The average Bonchev–Trinajstić information content (AvgIpc) is 3.01. The van der Waals surface area contributed by atoms with E-state index in [1.165, 1.54) is 0 Å². The highest BCUT2D eigenvalue weighted by Gasteiger charge is 2.42. The molecule has 0 bridgehead atoms. The third kappa shape index (κ3) is 2.59. The lowest BCUT2D eigenvalue weighted by Gasteiger charge is -2.24. The molecule has 23 heavy (non-hydrogen) atoms. The Hall–Kier alpha value is -2.33. The third-order valence-electron chi connectivity index (χ3n) is 4.06. The number of fused-ring (bicyclic) bond motifs is 1. The Labute approximate surface area is 139 Å². The van der Waals surface area contributed by atoms with E-state index in [9.17, 15) is 4.79 Å². The molecule has 0 spiro atoms. The summed E-state index contributed by atoms with van der Waals surface area (Å²) in [6.45, 7) is 2.03. The van der Waals surface area contributed by atoms with E-state index in [-0.39, 0.29) is 17.3 Å². The van der Waals surface area contributed by atoms with Crippen molar-refractivity contribution in [3.8, 4) is 0 Å². The molecule has 4 heteroatoms. The molecule has 0 aliphatic carbocycles. The van der Waals surface area contributed by atoms with E-state index >= 15 is 0 Å². The standard InChI is InChI=1S/C19H15NO2S/c1-12-7-9-14(10-8-12)17-20-18-16(19(21)22-17)15(11-23-18)13-5-3-2-4-6-13/h2-11,16,18H,1H3. The van der Waals surface area contributed by atoms with Crippen LogP contribution in [0.2, 0.25) is 0 Å². The number of aliphatic imine (C=N–C) groups is 1. The van der Waals surface area contributed by atoms with Crippen LogP contribution in [-0.4, -0.2) is 17.2 Å². The van der Waals surface area contributed by atoms with Gasteiger partial charge in [0, 0.05) is 5.56 Å². The van der Waals surface area contributed by atoms with Crippen LogP contribution >= 0.6 is 11.8 Å². The lowest BCUT2D eigenvalue weighted by Crippen LogP contribution is -2.33. The molecule has 0 radical (unpaired) electrons. The Morgan fingerprint density at radius 2 is 1.74 bits per heavy atom. The van der Waals surface area contributed by atoms with E-state index in [1.54, 1.807) is 11.8 Å². The van der Waals surface area contributed by atoms with Crippen LogP contribution in [0.15, 0.2) is 65.0 Å². The first-order valence-electron chi connectivity index (χ1n) is 7.50. The topological polar surface area (TPSA) is 38.7 Å². The summed E-state index contributed by atoms with van der Waals surface area (Å²) in [6.07, 6.45) is 0. The fraction of sp³-hybridized carbons (Fsp3) is 0.158. The van der Waals surface area contributed by atoms with Crippen LogP contribution in [0.1, 0.15) is 16.7 Å². The number of hydrogen-bond acceptors (Lipinski definition) is 4. The number of rotatable bonds is 2. The number of aryl methyl sites for hydroxylation is 1. The highest BCUT2D eigenvalue weighted by Crippen LogP contribution is 2.44. The van der Waals surface area contributed by atoms with Gasteiger partial charge in [0.1, 0.15) is 11.3 Å². The molecule has 3 nitrogen and oxygen atoms in total. The van der Waals surface area contributed by atoms with E-state index in [2.05, 4.69) is 4.99 Å². The third-order valence-corrected chi connectivity index (χ3v) is 5.10. The Morgan fingerprint density at radius 3 is 2.48 bits per heavy atom. The summed E-state index contributed by atoms with van der Waals surface area (Å²) in [6, 6.07) is 17.8. The molecule has 4 rings (SSSR count). The molecule has 2 unspecified atom stereocenters. The average molecular weight is 321 g/mol. The van der Waals surface area contributed by atoms with Crippen molar-refractivity contribution in [3.05, 3.63) is 76.7 Å². The van der Waals surface area contributed by atoms with Gasteiger partial charge in [0.15, 0.2) is 0 Å². The Morgan fingerprint density at radius 1 is 1.00 bits per heavy atom. The Bertz CT molecular complexity index is 809. The summed E-state index contributed by atoms with van der Waals surface area (Å²) in [5, 5.41) is 1.90. The van der Waals surface area contributed by atoms with Crippen LogP contribution in [-0.2, 0) is 9.53 Å². The molecule has 0 saturated carbocycles. The molecule has 0 amide bonds. The minimum absolute atomic E-state index is 0.136. The zero-order chi connectivity index (χ0) is 15.8. The lowest BCUT2D eigenvalue weighted by molar-refractivity contribution is -0.138. The number of hydrogen-bond donors (Lipinski definition) is 0. The number of benzene rings is 2. The Balaban J connectivity index is 1.65. The molecule has 0 saturated heterocycles. The van der Waals surface area contributed by atoms with Gasteiger partial charge in [-0.3, -0.25) is 4.79 Å². The predicted octanol–water partition coefficient (Wildman–Crippen LogP) is 4.03. The number of carbonyl (C=O) groups excluding carboxylic acids is 1. The van der Waals surface area contributed by atoms with E-state index < -0.39 is 0 Å². The fourth-order valence-electron chi connectivity index (χ4n) is 2.81. The summed E-state index contributed by atoms with van der Waals surface area (Å²) in [7, 11) is 0. The first-order valence-corrected chi connectivity index (χ1v) is 8.44. The van der Waals surface area contributed by atoms with Crippen molar-refractivity contribution in [3.63, 3.8) is 0 Å². The summed E-state index contributed by atoms with van der Waals surface area (Å²) in [5.41, 5.74) is 4.06. The molecule has 2 aromatic rings. The summed E-state index contributed by atoms with van der Waals surface area (Å²) in [5.74, 6) is -0.122. The van der Waals surface area contributed by atoms with Crippen LogP contribution < -0.4 is 0 Å². The minimum Gasteiger partial charge on any atom is -0.407 e. The predicted molar refractivity (Wildman–Crippen MR) is 93.1 cm³/mol. The van der Waals surface area contributed by atoms with Crippen molar-refractivity contribution in [1.29, 1.82) is 0 Å². The second-order valence-corrected chi connectivity index (χ2v) is 6.66. The first kappa shape index (κ1) is 14.3. The maximum absolute atomic E-state index is 12.6. The number of nitrogens with zero attached hydrogens (tertiary/aromatic N) is 1. The zero-order valence-corrected chi connectivity index (χ0v) is 13.4. The normalized spacial score (nSPS) is 22.9. The number of ether oxygens (including phenoxy) is 1. The van der Waals surface area contributed by atoms with Crippen molar-refractivity contribution in [2.75, 3.05) is 0 Å². The number of carbonyl (C=O) groups is 1. The zero-order valence-electron chi connectivity index (χ0n) is 12.6. The lowest BCUT2D eigenvalue weighted by atomic mass is 9.93. The van der Waals surface area contributed by atoms with Gasteiger partial charge >= 0.3 is 5.97 Å². The molecule has 2 aromatic carbocycles. The van der Waals surface area contributed by atoms with E-state index in [0.717, 1.165) is 22.3 Å². The van der Waals surface area contributed by atoms with Crippen molar-refractivity contribution >= 4 is 29.2 Å². The summed E-state index contributed by atoms with van der Waals surface area (Å²) in [4.78, 5) is 17.2. The largest absolute Gasteiger partial charge is 0.407 e.